The van der Waals surface area contributed by atoms with Crippen molar-refractivity contribution in [3.05, 3.63) is 12.3 Å². The van der Waals surface area contributed by atoms with Crippen LogP contribution in [0.2, 0.25) is 0 Å². The largest absolute Gasteiger partial charge is 0.379 e. The van der Waals surface area contributed by atoms with Crippen LogP contribution in [0.3, 0.4) is 0 Å². The number of carbonyl (C=O) groups is 1. The van der Waals surface area contributed by atoms with E-state index in [9.17, 15) is 4.79 Å². The first-order chi connectivity index (χ1) is 3.33. The van der Waals surface area contributed by atoms with Crippen LogP contribution in [-0.2, 0) is 4.79 Å². The monoisotopic (exact) mass is 97.1 g/mol. The lowest BCUT2D eigenvalue weighted by molar-refractivity contribution is -0.110. The summed E-state index contributed by atoms with van der Waals surface area (Å²) in [7, 11) is 0. The van der Waals surface area contributed by atoms with Crippen LogP contribution < -0.4 is 5.32 Å². The average molecular weight is 97.1 g/mol. The Hall–Kier alpha value is -0.790. The molecule has 0 aliphatic carbocycles. The zero-order valence-corrected chi connectivity index (χ0v) is 3.98. The van der Waals surface area contributed by atoms with Crippen LogP contribution in [0.15, 0.2) is 12.3 Å². The summed E-state index contributed by atoms with van der Waals surface area (Å²) >= 11 is 0. The molecule has 1 aliphatic rings. The molecule has 0 spiro atoms. The third-order valence-electron chi connectivity index (χ3n) is 1.02. The normalized spacial score (nSPS) is 28.0. The molecule has 0 aromatic rings. The van der Waals surface area contributed by atoms with Crippen LogP contribution >= 0.6 is 0 Å². The molecule has 1 atom stereocenters. The Morgan fingerprint density at radius 3 is 2.71 bits per heavy atom. The van der Waals surface area contributed by atoms with Gasteiger partial charge in [-0.05, 0) is 0 Å². The molecule has 1 aliphatic heterocycles. The fourth-order valence-corrected chi connectivity index (χ4v) is 0.589. The summed E-state index contributed by atoms with van der Waals surface area (Å²) in [5.74, 6) is 0. The molecule has 0 saturated carbocycles. The first-order valence-electron chi connectivity index (χ1n) is 2.22. The van der Waals surface area contributed by atoms with Gasteiger partial charge in [-0.1, -0.05) is 6.58 Å². The van der Waals surface area contributed by atoms with Crippen molar-refractivity contribution in [1.82, 2.24) is 5.32 Å². The Kier molecular flexibility index (Phi) is 0.855. The maximum atomic E-state index is 9.83. The van der Waals surface area contributed by atoms with Crippen LogP contribution in [0, 0.1) is 0 Å². The van der Waals surface area contributed by atoms with Crippen LogP contribution in [0.4, 0.5) is 0 Å². The fraction of sp³-hybridized carbons (Fsp3) is 0.400. The Labute approximate surface area is 42.2 Å². The van der Waals surface area contributed by atoms with Crippen molar-refractivity contribution in [2.45, 2.75) is 12.5 Å². The van der Waals surface area contributed by atoms with E-state index in [1.54, 1.807) is 0 Å². The van der Waals surface area contributed by atoms with Gasteiger partial charge in [0.05, 0.1) is 6.04 Å². The molecule has 2 heteroatoms. The van der Waals surface area contributed by atoms with E-state index in [0.717, 1.165) is 18.4 Å². The maximum Gasteiger partial charge on any atom is 0.142 e. The molecule has 1 unspecified atom stereocenters. The van der Waals surface area contributed by atoms with Crippen LogP contribution in [0.5, 0.6) is 0 Å². The SMILES string of the molecule is C=C1CC(C=O)N1. The van der Waals surface area contributed by atoms with Crippen molar-refractivity contribution in [3.8, 4) is 0 Å². The molecule has 0 aromatic carbocycles. The molecule has 1 heterocycles. The van der Waals surface area contributed by atoms with E-state index >= 15 is 0 Å². The summed E-state index contributed by atoms with van der Waals surface area (Å²) in [6.07, 6.45) is 1.72. The van der Waals surface area contributed by atoms with E-state index < -0.39 is 0 Å². The van der Waals surface area contributed by atoms with Gasteiger partial charge in [0.1, 0.15) is 6.29 Å². The molecule has 7 heavy (non-hydrogen) atoms. The van der Waals surface area contributed by atoms with Gasteiger partial charge in [-0.25, -0.2) is 0 Å². The second kappa shape index (κ2) is 1.37. The lowest BCUT2D eigenvalue weighted by Gasteiger charge is -2.25. The van der Waals surface area contributed by atoms with Crippen molar-refractivity contribution < 1.29 is 4.79 Å². The van der Waals surface area contributed by atoms with Gasteiger partial charge in [-0.3, -0.25) is 0 Å². The summed E-state index contributed by atoms with van der Waals surface area (Å²) in [5.41, 5.74) is 0.970. The van der Waals surface area contributed by atoms with E-state index in [0.29, 0.717) is 0 Å². The maximum absolute atomic E-state index is 9.83. The fourth-order valence-electron chi connectivity index (χ4n) is 0.589. The highest BCUT2D eigenvalue weighted by atomic mass is 16.1. The Bertz CT molecular complexity index is 101. The molecule has 1 fully saturated rings. The second-order valence-corrected chi connectivity index (χ2v) is 1.69. The minimum Gasteiger partial charge on any atom is -0.379 e. The Balaban J connectivity index is 2.29. The van der Waals surface area contributed by atoms with Gasteiger partial charge in [-0.15, -0.1) is 0 Å². The summed E-state index contributed by atoms with van der Waals surface area (Å²) in [6.45, 7) is 3.59. The van der Waals surface area contributed by atoms with E-state index in [1.165, 1.54) is 0 Å². The number of aldehydes is 1. The molecular weight excluding hydrogens is 90.1 g/mol. The molecular formula is C5H7NO. The smallest absolute Gasteiger partial charge is 0.142 e. The molecule has 0 bridgehead atoms. The van der Waals surface area contributed by atoms with Crippen LogP contribution in [-0.4, -0.2) is 12.3 Å². The van der Waals surface area contributed by atoms with Gasteiger partial charge >= 0.3 is 0 Å². The number of hydrogen-bond acceptors (Lipinski definition) is 2. The Morgan fingerprint density at radius 2 is 2.57 bits per heavy atom. The first kappa shape index (κ1) is 4.37. The standard InChI is InChI=1S/C5H7NO/c1-4-2-5(3-7)6-4/h3,5-6H,1-2H2. The van der Waals surface area contributed by atoms with Crippen molar-refractivity contribution in [3.63, 3.8) is 0 Å². The summed E-state index contributed by atoms with van der Waals surface area (Å²) in [5, 5.41) is 2.83. The second-order valence-electron chi connectivity index (χ2n) is 1.69. The van der Waals surface area contributed by atoms with Gasteiger partial charge in [0.15, 0.2) is 0 Å². The molecule has 0 aromatic heterocycles. The van der Waals surface area contributed by atoms with Gasteiger partial charge in [0.2, 0.25) is 0 Å². The summed E-state index contributed by atoms with van der Waals surface area (Å²) in [6, 6.07) is 0.0625. The van der Waals surface area contributed by atoms with Crippen molar-refractivity contribution in [2.24, 2.45) is 0 Å². The molecule has 38 valence electrons. The highest BCUT2D eigenvalue weighted by Gasteiger charge is 2.17. The van der Waals surface area contributed by atoms with E-state index in [2.05, 4.69) is 11.9 Å². The third-order valence-corrected chi connectivity index (χ3v) is 1.02. The molecule has 1 N–H and O–H groups in total. The lowest BCUT2D eigenvalue weighted by Crippen LogP contribution is -2.41. The Morgan fingerprint density at radius 1 is 2.00 bits per heavy atom. The summed E-state index contributed by atoms with van der Waals surface area (Å²) < 4.78 is 0. The van der Waals surface area contributed by atoms with Crippen LogP contribution in [0.1, 0.15) is 6.42 Å². The number of nitrogens with one attached hydrogen (secondary N) is 1. The molecule has 2 nitrogen and oxygen atoms in total. The predicted molar refractivity (Wildman–Crippen MR) is 26.7 cm³/mol. The third kappa shape index (κ3) is 0.633. The minimum absolute atomic E-state index is 0.0625. The molecule has 0 amide bonds. The lowest BCUT2D eigenvalue weighted by atomic mass is 10.1. The quantitative estimate of drug-likeness (QED) is 0.469. The van der Waals surface area contributed by atoms with Crippen molar-refractivity contribution in [2.75, 3.05) is 0 Å². The molecule has 1 saturated heterocycles. The topological polar surface area (TPSA) is 29.1 Å². The first-order valence-corrected chi connectivity index (χ1v) is 2.22. The number of carbonyl (C=O) groups excluding carboxylic acids is 1. The van der Waals surface area contributed by atoms with E-state index in [4.69, 9.17) is 0 Å². The predicted octanol–water partition coefficient (Wildman–Crippen LogP) is 0.0609. The van der Waals surface area contributed by atoms with E-state index in [1.807, 2.05) is 0 Å². The zero-order valence-electron chi connectivity index (χ0n) is 3.98. The van der Waals surface area contributed by atoms with Crippen molar-refractivity contribution >= 4 is 6.29 Å². The highest BCUT2D eigenvalue weighted by Crippen LogP contribution is 2.09. The number of hydrogen-bond donors (Lipinski definition) is 1. The van der Waals surface area contributed by atoms with Crippen molar-refractivity contribution in [1.29, 1.82) is 0 Å². The molecule has 1 rings (SSSR count). The number of rotatable bonds is 1. The van der Waals surface area contributed by atoms with Gasteiger partial charge in [0.25, 0.3) is 0 Å². The van der Waals surface area contributed by atoms with Gasteiger partial charge in [-0.2, -0.15) is 0 Å². The highest BCUT2D eigenvalue weighted by molar-refractivity contribution is 5.61. The minimum atomic E-state index is 0.0625. The molecule has 0 radical (unpaired) electrons. The van der Waals surface area contributed by atoms with Gasteiger partial charge < -0.3 is 10.1 Å². The van der Waals surface area contributed by atoms with E-state index in [-0.39, 0.29) is 6.04 Å². The zero-order chi connectivity index (χ0) is 5.28. The summed E-state index contributed by atoms with van der Waals surface area (Å²) in [4.78, 5) is 9.83. The van der Waals surface area contributed by atoms with Gasteiger partial charge in [0, 0.05) is 12.1 Å². The average Bonchev–Trinajstić information content (AvgIpc) is 1.58. The van der Waals surface area contributed by atoms with Crippen LogP contribution in [0.25, 0.3) is 0 Å².